The van der Waals surface area contributed by atoms with Crippen LogP contribution in [-0.4, -0.2) is 30.7 Å². The zero-order valence-electron chi connectivity index (χ0n) is 12.6. The first-order valence-electron chi connectivity index (χ1n) is 7.12. The molecule has 0 bridgehead atoms. The summed E-state index contributed by atoms with van der Waals surface area (Å²) in [6, 6.07) is 8.22. The van der Waals surface area contributed by atoms with Gasteiger partial charge in [-0.15, -0.1) is 11.3 Å². The number of nitrogens with zero attached hydrogens (tertiary/aromatic N) is 2. The van der Waals surface area contributed by atoms with E-state index in [1.54, 1.807) is 41.9 Å². The highest BCUT2D eigenvalue weighted by Gasteiger charge is 2.34. The molecule has 7 heteroatoms. The number of rotatable bonds is 7. The van der Waals surface area contributed by atoms with E-state index in [-0.39, 0.29) is 11.4 Å². The first kappa shape index (κ1) is 16.9. The molecule has 0 aliphatic heterocycles. The molecule has 1 aromatic heterocycles. The van der Waals surface area contributed by atoms with Crippen molar-refractivity contribution >= 4 is 26.5 Å². The van der Waals surface area contributed by atoms with E-state index in [1.165, 1.54) is 15.6 Å². The van der Waals surface area contributed by atoms with Gasteiger partial charge >= 0.3 is 0 Å². The molecule has 0 atom stereocenters. The molecule has 0 amide bonds. The van der Waals surface area contributed by atoms with E-state index in [0.29, 0.717) is 18.0 Å². The summed E-state index contributed by atoms with van der Waals surface area (Å²) in [4.78, 5) is 4.31. The van der Waals surface area contributed by atoms with Crippen molar-refractivity contribution in [3.63, 3.8) is 0 Å². The Morgan fingerprint density at radius 3 is 2.36 bits per heavy atom. The lowest BCUT2D eigenvalue weighted by molar-refractivity contribution is 0.0424. The molecule has 1 heterocycles. The second-order valence-corrected chi connectivity index (χ2v) is 7.81. The minimum atomic E-state index is -3.76. The van der Waals surface area contributed by atoms with Gasteiger partial charge in [-0.05, 0) is 25.0 Å². The fourth-order valence-corrected chi connectivity index (χ4v) is 4.44. The summed E-state index contributed by atoms with van der Waals surface area (Å²) in [6.07, 6.45) is 2.50. The Kier molecular flexibility index (Phi) is 5.20. The second-order valence-electron chi connectivity index (χ2n) is 5.07. The Morgan fingerprint density at radius 1 is 1.23 bits per heavy atom. The average Bonchev–Trinajstić information content (AvgIpc) is 3.07. The minimum Gasteiger partial charge on any atom is -0.388 e. The van der Waals surface area contributed by atoms with E-state index in [0.717, 1.165) is 0 Å². The van der Waals surface area contributed by atoms with Crippen LogP contribution in [-0.2, 0) is 10.0 Å². The molecule has 1 N–H and O–H groups in total. The van der Waals surface area contributed by atoms with E-state index in [4.69, 9.17) is 0 Å². The van der Waals surface area contributed by atoms with E-state index in [9.17, 15) is 13.5 Å². The number of sulfonamides is 1. The average molecular weight is 340 g/mol. The normalized spacial score (nSPS) is 12.3. The van der Waals surface area contributed by atoms with Gasteiger partial charge in [-0.2, -0.15) is 0 Å². The maximum Gasteiger partial charge on any atom is 0.266 e. The van der Waals surface area contributed by atoms with Crippen LogP contribution >= 0.6 is 11.3 Å². The highest BCUT2D eigenvalue weighted by Crippen LogP contribution is 2.29. The van der Waals surface area contributed by atoms with Crippen LogP contribution in [0.4, 0.5) is 5.13 Å². The molecule has 0 fully saturated rings. The molecule has 0 aliphatic carbocycles. The lowest BCUT2D eigenvalue weighted by atomic mass is 9.98. The van der Waals surface area contributed by atoms with Crippen LogP contribution in [0, 0.1) is 0 Å². The molecule has 0 radical (unpaired) electrons. The molecular formula is C15H20N2O3S2. The van der Waals surface area contributed by atoms with Gasteiger partial charge in [0.1, 0.15) is 0 Å². The number of hydrogen-bond acceptors (Lipinski definition) is 5. The van der Waals surface area contributed by atoms with Crippen molar-refractivity contribution in [1.29, 1.82) is 0 Å². The molecule has 0 spiro atoms. The molecule has 0 unspecified atom stereocenters. The molecule has 120 valence electrons. The van der Waals surface area contributed by atoms with Gasteiger partial charge in [0.15, 0.2) is 5.13 Å². The van der Waals surface area contributed by atoms with Crippen LogP contribution in [0.5, 0.6) is 0 Å². The van der Waals surface area contributed by atoms with E-state index < -0.39 is 15.6 Å². The molecule has 22 heavy (non-hydrogen) atoms. The summed E-state index contributed by atoms with van der Waals surface area (Å²) in [5, 5.41) is 12.7. The predicted molar refractivity (Wildman–Crippen MR) is 88.6 cm³/mol. The predicted octanol–water partition coefficient (Wildman–Crippen LogP) is 2.89. The van der Waals surface area contributed by atoms with Gasteiger partial charge in [-0.3, -0.25) is 0 Å². The maximum atomic E-state index is 12.9. The van der Waals surface area contributed by atoms with Crippen LogP contribution in [0.2, 0.25) is 0 Å². The largest absolute Gasteiger partial charge is 0.388 e. The van der Waals surface area contributed by atoms with Gasteiger partial charge in [0.25, 0.3) is 10.0 Å². The van der Waals surface area contributed by atoms with Crippen LogP contribution in [0.1, 0.15) is 26.7 Å². The summed E-state index contributed by atoms with van der Waals surface area (Å²) in [5.41, 5.74) is -1.08. The smallest absolute Gasteiger partial charge is 0.266 e. The molecule has 0 saturated carbocycles. The van der Waals surface area contributed by atoms with Gasteiger partial charge in [-0.25, -0.2) is 17.7 Å². The zero-order chi connectivity index (χ0) is 16.2. The monoisotopic (exact) mass is 340 g/mol. The third-order valence-corrected chi connectivity index (χ3v) is 6.38. The number of aromatic nitrogens is 1. The quantitative estimate of drug-likeness (QED) is 0.841. The highest BCUT2D eigenvalue weighted by molar-refractivity contribution is 7.93. The SMILES string of the molecule is CCC(O)(CC)CN(c1nccs1)S(=O)(=O)c1ccccc1. The van der Waals surface area contributed by atoms with E-state index in [1.807, 2.05) is 13.8 Å². The lowest BCUT2D eigenvalue weighted by Gasteiger charge is -2.32. The Balaban J connectivity index is 2.46. The third-order valence-electron chi connectivity index (χ3n) is 3.72. The Labute approximate surface area is 135 Å². The Morgan fingerprint density at radius 2 is 1.86 bits per heavy atom. The summed E-state index contributed by atoms with van der Waals surface area (Å²) < 4.78 is 27.1. The third kappa shape index (κ3) is 3.48. The second kappa shape index (κ2) is 6.76. The summed E-state index contributed by atoms with van der Waals surface area (Å²) in [6.45, 7) is 3.68. The lowest BCUT2D eigenvalue weighted by Crippen LogP contribution is -2.45. The Hall–Kier alpha value is -1.44. The molecule has 2 aromatic rings. The Bertz CT molecular complexity index is 681. The number of thiazole rings is 1. The van der Waals surface area contributed by atoms with Crippen molar-refractivity contribution in [1.82, 2.24) is 4.98 Å². The fourth-order valence-electron chi connectivity index (χ4n) is 2.06. The van der Waals surface area contributed by atoms with Crippen LogP contribution < -0.4 is 4.31 Å². The number of aliphatic hydroxyl groups is 1. The van der Waals surface area contributed by atoms with Gasteiger partial charge in [0.05, 0.1) is 17.0 Å². The first-order valence-corrected chi connectivity index (χ1v) is 9.44. The molecule has 0 saturated heterocycles. The van der Waals surface area contributed by atoms with Gasteiger partial charge < -0.3 is 5.11 Å². The first-order chi connectivity index (χ1) is 10.4. The standard InChI is InChI=1S/C15H20N2O3S2/c1-3-15(18,4-2)12-17(14-16-10-11-21-14)22(19,20)13-8-6-5-7-9-13/h5-11,18H,3-4,12H2,1-2H3. The van der Waals surface area contributed by atoms with Gasteiger partial charge in [0.2, 0.25) is 0 Å². The zero-order valence-corrected chi connectivity index (χ0v) is 14.3. The molecule has 5 nitrogen and oxygen atoms in total. The van der Waals surface area contributed by atoms with Crippen molar-refractivity contribution in [2.75, 3.05) is 10.8 Å². The van der Waals surface area contributed by atoms with Crippen molar-refractivity contribution in [3.8, 4) is 0 Å². The highest BCUT2D eigenvalue weighted by atomic mass is 32.2. The molecule has 0 aliphatic rings. The van der Waals surface area contributed by atoms with Crippen LogP contribution in [0.15, 0.2) is 46.8 Å². The fraction of sp³-hybridized carbons (Fsp3) is 0.400. The van der Waals surface area contributed by atoms with Crippen molar-refractivity contribution in [2.45, 2.75) is 37.2 Å². The van der Waals surface area contributed by atoms with Crippen molar-refractivity contribution in [2.24, 2.45) is 0 Å². The number of anilines is 1. The van der Waals surface area contributed by atoms with Gasteiger partial charge in [-0.1, -0.05) is 32.0 Å². The van der Waals surface area contributed by atoms with E-state index >= 15 is 0 Å². The van der Waals surface area contributed by atoms with Crippen LogP contribution in [0.3, 0.4) is 0 Å². The summed E-state index contributed by atoms with van der Waals surface area (Å²) in [7, 11) is -3.76. The molecule has 1 aromatic carbocycles. The summed E-state index contributed by atoms with van der Waals surface area (Å²) in [5.74, 6) is 0. The topological polar surface area (TPSA) is 70.5 Å². The van der Waals surface area contributed by atoms with E-state index in [2.05, 4.69) is 4.98 Å². The van der Waals surface area contributed by atoms with Crippen molar-refractivity contribution in [3.05, 3.63) is 41.9 Å². The van der Waals surface area contributed by atoms with Crippen LogP contribution in [0.25, 0.3) is 0 Å². The number of hydrogen-bond donors (Lipinski definition) is 1. The van der Waals surface area contributed by atoms with Crippen molar-refractivity contribution < 1.29 is 13.5 Å². The molecule has 2 rings (SSSR count). The maximum absolute atomic E-state index is 12.9. The number of benzene rings is 1. The van der Waals surface area contributed by atoms with Gasteiger partial charge in [0, 0.05) is 11.6 Å². The molecular weight excluding hydrogens is 320 g/mol. The minimum absolute atomic E-state index is 0.00919. The summed E-state index contributed by atoms with van der Waals surface area (Å²) >= 11 is 1.24.